The number of nitrogens with zero attached hydrogens (tertiary/aromatic N) is 1. The van der Waals surface area contributed by atoms with E-state index in [1.54, 1.807) is 12.1 Å². The van der Waals surface area contributed by atoms with Crippen LogP contribution in [0.5, 0.6) is 0 Å². The van der Waals surface area contributed by atoms with E-state index in [-0.39, 0.29) is 23.8 Å². The Morgan fingerprint density at radius 2 is 2.00 bits per heavy atom. The van der Waals surface area contributed by atoms with Crippen LogP contribution in [-0.2, 0) is 21.4 Å². The van der Waals surface area contributed by atoms with Crippen LogP contribution in [-0.4, -0.2) is 27.1 Å². The number of nitrogens with one attached hydrogen (secondary N) is 1. The number of sulfonamides is 1. The average molecular weight is 377 g/mol. The first kappa shape index (κ1) is 17.7. The fraction of sp³-hybridized carbons (Fsp3) is 0.214. The number of amides is 1. The van der Waals surface area contributed by atoms with Gasteiger partial charge in [-0.3, -0.25) is 9.10 Å². The molecule has 1 amide bonds. The van der Waals surface area contributed by atoms with Gasteiger partial charge in [-0.1, -0.05) is 23.2 Å². The number of anilines is 1. The molecule has 0 saturated heterocycles. The Bertz CT molecular complexity index is 791. The number of carbonyl (C=O) groups excluding carboxylic acids is 1. The topological polar surface area (TPSA) is 79.6 Å². The fourth-order valence-electron chi connectivity index (χ4n) is 1.83. The van der Waals surface area contributed by atoms with E-state index in [4.69, 9.17) is 27.6 Å². The third-order valence-electron chi connectivity index (χ3n) is 2.92. The van der Waals surface area contributed by atoms with Crippen molar-refractivity contribution < 1.29 is 17.6 Å². The molecule has 0 spiro atoms. The standard InChI is InChI=1S/C14H14Cl2N2O4S/c1-23(20,21)18(10-4-5-12(15)13(16)7-10)9-14(19)17-8-11-3-2-6-22-11/h2-7H,8-9H2,1H3,(H,17,19). The first-order chi connectivity index (χ1) is 10.8. The monoisotopic (exact) mass is 376 g/mol. The number of carbonyl (C=O) groups is 1. The summed E-state index contributed by atoms with van der Waals surface area (Å²) < 4.78 is 29.9. The van der Waals surface area contributed by atoms with Crippen LogP contribution in [0, 0.1) is 0 Å². The zero-order valence-corrected chi connectivity index (χ0v) is 14.5. The van der Waals surface area contributed by atoms with E-state index >= 15 is 0 Å². The first-order valence-corrected chi connectivity index (χ1v) is 9.09. The van der Waals surface area contributed by atoms with Crippen molar-refractivity contribution in [2.24, 2.45) is 0 Å². The van der Waals surface area contributed by atoms with Crippen LogP contribution < -0.4 is 9.62 Å². The highest BCUT2D eigenvalue weighted by Crippen LogP contribution is 2.28. The number of hydrogen-bond donors (Lipinski definition) is 1. The molecule has 1 heterocycles. The normalized spacial score (nSPS) is 11.3. The molecule has 23 heavy (non-hydrogen) atoms. The zero-order valence-electron chi connectivity index (χ0n) is 12.1. The number of rotatable bonds is 6. The molecule has 9 heteroatoms. The Balaban J connectivity index is 2.12. The number of benzene rings is 1. The number of hydrogen-bond acceptors (Lipinski definition) is 4. The van der Waals surface area contributed by atoms with Crippen LogP contribution >= 0.6 is 23.2 Å². The van der Waals surface area contributed by atoms with Gasteiger partial charge in [-0.2, -0.15) is 0 Å². The average Bonchev–Trinajstić information content (AvgIpc) is 2.98. The van der Waals surface area contributed by atoms with Crippen LogP contribution in [0.1, 0.15) is 5.76 Å². The molecule has 0 saturated carbocycles. The molecule has 6 nitrogen and oxygen atoms in total. The summed E-state index contributed by atoms with van der Waals surface area (Å²) in [6.45, 7) is -0.206. The minimum Gasteiger partial charge on any atom is -0.467 e. The molecule has 124 valence electrons. The summed E-state index contributed by atoms with van der Waals surface area (Å²) in [5.41, 5.74) is 0.259. The largest absolute Gasteiger partial charge is 0.467 e. The summed E-state index contributed by atoms with van der Waals surface area (Å²) >= 11 is 11.7. The highest BCUT2D eigenvalue weighted by atomic mass is 35.5. The molecule has 0 atom stereocenters. The van der Waals surface area contributed by atoms with Crippen molar-refractivity contribution in [1.29, 1.82) is 0 Å². The third kappa shape index (κ3) is 4.89. The Kier molecular flexibility index (Phi) is 5.56. The summed E-state index contributed by atoms with van der Waals surface area (Å²) in [7, 11) is -3.67. The van der Waals surface area contributed by atoms with E-state index in [0.717, 1.165) is 10.6 Å². The number of furan rings is 1. The van der Waals surface area contributed by atoms with E-state index in [2.05, 4.69) is 5.32 Å². The molecule has 1 N–H and O–H groups in total. The quantitative estimate of drug-likeness (QED) is 0.840. The van der Waals surface area contributed by atoms with Crippen LogP contribution in [0.3, 0.4) is 0 Å². The van der Waals surface area contributed by atoms with Gasteiger partial charge in [0.15, 0.2) is 0 Å². The third-order valence-corrected chi connectivity index (χ3v) is 4.80. The van der Waals surface area contributed by atoms with E-state index in [9.17, 15) is 13.2 Å². The smallest absolute Gasteiger partial charge is 0.241 e. The van der Waals surface area contributed by atoms with Gasteiger partial charge in [-0.15, -0.1) is 0 Å². The second-order valence-electron chi connectivity index (χ2n) is 4.72. The zero-order chi connectivity index (χ0) is 17.0. The summed E-state index contributed by atoms with van der Waals surface area (Å²) in [5.74, 6) is 0.0942. The summed E-state index contributed by atoms with van der Waals surface area (Å²) in [5, 5.41) is 3.09. The lowest BCUT2D eigenvalue weighted by Crippen LogP contribution is -2.40. The van der Waals surface area contributed by atoms with Gasteiger partial charge in [-0.05, 0) is 30.3 Å². The minimum absolute atomic E-state index is 0.171. The lowest BCUT2D eigenvalue weighted by atomic mass is 10.3. The van der Waals surface area contributed by atoms with Crippen molar-refractivity contribution in [2.45, 2.75) is 6.54 Å². The second kappa shape index (κ2) is 7.25. The Labute approximate surface area is 144 Å². The van der Waals surface area contributed by atoms with Gasteiger partial charge in [-0.25, -0.2) is 8.42 Å². The van der Waals surface area contributed by atoms with Crippen LogP contribution in [0.25, 0.3) is 0 Å². The molecular weight excluding hydrogens is 363 g/mol. The molecule has 0 aliphatic rings. The first-order valence-electron chi connectivity index (χ1n) is 6.49. The van der Waals surface area contributed by atoms with Crippen LogP contribution in [0.15, 0.2) is 41.0 Å². The maximum atomic E-state index is 12.0. The van der Waals surface area contributed by atoms with Crippen molar-refractivity contribution in [3.05, 3.63) is 52.4 Å². The molecule has 2 rings (SSSR count). The summed E-state index contributed by atoms with van der Waals surface area (Å²) in [6, 6.07) is 7.74. The summed E-state index contributed by atoms with van der Waals surface area (Å²) in [6.07, 6.45) is 2.50. The van der Waals surface area contributed by atoms with E-state index in [1.807, 2.05) is 0 Å². The maximum absolute atomic E-state index is 12.0. The maximum Gasteiger partial charge on any atom is 0.241 e. The highest BCUT2D eigenvalue weighted by Gasteiger charge is 2.21. The molecule has 0 radical (unpaired) electrons. The molecule has 0 aliphatic heterocycles. The van der Waals surface area contributed by atoms with E-state index in [1.165, 1.54) is 24.5 Å². The van der Waals surface area contributed by atoms with Gasteiger partial charge in [0.05, 0.1) is 34.8 Å². The molecule has 0 aliphatic carbocycles. The van der Waals surface area contributed by atoms with Crippen molar-refractivity contribution in [3.8, 4) is 0 Å². The van der Waals surface area contributed by atoms with Gasteiger partial charge >= 0.3 is 0 Å². The fourth-order valence-corrected chi connectivity index (χ4v) is 2.97. The Morgan fingerprint density at radius 3 is 2.57 bits per heavy atom. The minimum atomic E-state index is -3.67. The molecule has 2 aromatic rings. The van der Waals surface area contributed by atoms with Gasteiger partial charge in [0, 0.05) is 0 Å². The van der Waals surface area contributed by atoms with Crippen molar-refractivity contribution in [3.63, 3.8) is 0 Å². The van der Waals surface area contributed by atoms with Gasteiger partial charge in [0.1, 0.15) is 12.3 Å². The van der Waals surface area contributed by atoms with Crippen LogP contribution in [0.2, 0.25) is 10.0 Å². The molecule has 0 bridgehead atoms. The van der Waals surface area contributed by atoms with Crippen molar-refractivity contribution in [1.82, 2.24) is 5.32 Å². The van der Waals surface area contributed by atoms with Gasteiger partial charge in [0.2, 0.25) is 15.9 Å². The molecule has 0 fully saturated rings. The van der Waals surface area contributed by atoms with Crippen molar-refractivity contribution >= 4 is 44.8 Å². The SMILES string of the molecule is CS(=O)(=O)N(CC(=O)NCc1ccco1)c1ccc(Cl)c(Cl)c1. The predicted molar refractivity (Wildman–Crippen MR) is 89.2 cm³/mol. The van der Waals surface area contributed by atoms with Gasteiger partial charge in [0.25, 0.3) is 0 Å². The molecule has 1 aromatic heterocycles. The second-order valence-corrected chi connectivity index (χ2v) is 7.45. The lowest BCUT2D eigenvalue weighted by molar-refractivity contribution is -0.119. The number of halogens is 2. The molecule has 0 unspecified atom stereocenters. The van der Waals surface area contributed by atoms with Crippen molar-refractivity contribution in [2.75, 3.05) is 17.1 Å². The molecule has 1 aromatic carbocycles. The highest BCUT2D eigenvalue weighted by molar-refractivity contribution is 7.92. The van der Waals surface area contributed by atoms with Gasteiger partial charge < -0.3 is 9.73 Å². The Morgan fingerprint density at radius 1 is 1.26 bits per heavy atom. The summed E-state index contributed by atoms with van der Waals surface area (Å²) in [4.78, 5) is 12.0. The lowest BCUT2D eigenvalue weighted by Gasteiger charge is -2.22. The van der Waals surface area contributed by atoms with Crippen LogP contribution in [0.4, 0.5) is 5.69 Å². The molecular formula is C14H14Cl2N2O4S. The Hall–Kier alpha value is -1.70. The predicted octanol–water partition coefficient (Wildman–Crippen LogP) is 2.67. The van der Waals surface area contributed by atoms with E-state index < -0.39 is 15.9 Å². The van der Waals surface area contributed by atoms with E-state index in [0.29, 0.717) is 10.8 Å².